The Balaban J connectivity index is 1.63. The number of aromatic nitrogens is 1. The minimum absolute atomic E-state index is 0.0815. The molecular weight excluding hydrogens is 344 g/mol. The normalized spacial score (nSPS) is 17.7. The number of hydrogen-bond acceptors (Lipinski definition) is 5. The van der Waals surface area contributed by atoms with E-state index in [1.807, 2.05) is 24.3 Å². The van der Waals surface area contributed by atoms with Crippen LogP contribution in [0.3, 0.4) is 0 Å². The molecule has 0 saturated carbocycles. The second kappa shape index (κ2) is 7.17. The van der Waals surface area contributed by atoms with E-state index in [1.165, 1.54) is 9.71 Å². The van der Waals surface area contributed by atoms with Crippen LogP contribution in [0.5, 0.6) is 5.75 Å². The third kappa shape index (κ3) is 3.24. The largest absolute Gasteiger partial charge is 0.496 e. The average Bonchev–Trinajstić information content (AvgIpc) is 3.27. The first-order chi connectivity index (χ1) is 12.7. The molecule has 1 saturated heterocycles. The maximum Gasteiger partial charge on any atom is 0.159 e. The molecule has 0 radical (unpaired) electrons. The fraction of sp³-hybridized carbons (Fsp3) is 0.333. The maximum absolute atomic E-state index is 11.8. The first-order valence-corrected chi connectivity index (χ1v) is 9.74. The average molecular weight is 366 g/mol. The molecule has 4 rings (SSSR count). The van der Waals surface area contributed by atoms with Gasteiger partial charge in [0.1, 0.15) is 10.8 Å². The number of fused-ring (bicyclic) bond motifs is 1. The molecule has 26 heavy (non-hydrogen) atoms. The van der Waals surface area contributed by atoms with Gasteiger partial charge in [0.15, 0.2) is 5.78 Å². The number of Topliss-reactive ketones (excluding diaryl/α,β-unsaturated/α-hetero) is 1. The van der Waals surface area contributed by atoms with E-state index in [-0.39, 0.29) is 5.78 Å². The quantitative estimate of drug-likeness (QED) is 0.606. The lowest BCUT2D eigenvalue weighted by atomic mass is 10.1. The molecule has 1 atom stereocenters. The number of hydrogen-bond donors (Lipinski definition) is 0. The molecule has 2 aromatic carbocycles. The summed E-state index contributed by atoms with van der Waals surface area (Å²) < 4.78 is 6.77. The van der Waals surface area contributed by atoms with E-state index < -0.39 is 0 Å². The topological polar surface area (TPSA) is 42.4 Å². The zero-order valence-corrected chi connectivity index (χ0v) is 15.9. The monoisotopic (exact) mass is 366 g/mol. The number of para-hydroxylation sites is 1. The lowest BCUT2D eigenvalue weighted by Gasteiger charge is -2.24. The number of likely N-dealkylation sites (tertiary alicyclic amines) is 1. The second-order valence-electron chi connectivity index (χ2n) is 6.73. The molecule has 134 valence electrons. The highest BCUT2D eigenvalue weighted by molar-refractivity contribution is 7.18. The number of nitrogens with zero attached hydrogens (tertiary/aromatic N) is 2. The molecule has 1 aromatic heterocycles. The number of benzene rings is 2. The molecule has 5 heteroatoms. The van der Waals surface area contributed by atoms with Crippen molar-refractivity contribution in [2.45, 2.75) is 32.4 Å². The Bertz CT molecular complexity index is 917. The van der Waals surface area contributed by atoms with Gasteiger partial charge in [0.2, 0.25) is 0 Å². The van der Waals surface area contributed by atoms with Gasteiger partial charge in [-0.25, -0.2) is 4.98 Å². The first kappa shape index (κ1) is 17.2. The van der Waals surface area contributed by atoms with Crippen molar-refractivity contribution in [2.24, 2.45) is 0 Å². The van der Waals surface area contributed by atoms with E-state index in [9.17, 15) is 4.79 Å². The molecule has 0 spiro atoms. The highest BCUT2D eigenvalue weighted by Crippen LogP contribution is 2.38. The number of thiazole rings is 1. The van der Waals surface area contributed by atoms with Gasteiger partial charge in [-0.2, -0.15) is 0 Å². The third-order valence-corrected chi connectivity index (χ3v) is 6.16. The summed E-state index contributed by atoms with van der Waals surface area (Å²) in [4.78, 5) is 19.1. The number of ketones is 1. The highest BCUT2D eigenvalue weighted by Gasteiger charge is 2.29. The fourth-order valence-corrected chi connectivity index (χ4v) is 4.80. The summed E-state index contributed by atoms with van der Waals surface area (Å²) in [5.41, 5.74) is 2.88. The molecular formula is C21H22N2O2S. The molecule has 1 unspecified atom stereocenters. The highest BCUT2D eigenvalue weighted by atomic mass is 32.1. The Kier molecular flexibility index (Phi) is 4.74. The lowest BCUT2D eigenvalue weighted by molar-refractivity contribution is 0.101. The number of methoxy groups -OCH3 is 1. The zero-order chi connectivity index (χ0) is 18.1. The number of rotatable bonds is 5. The predicted octanol–water partition coefficient (Wildman–Crippen LogP) is 4.84. The van der Waals surface area contributed by atoms with Crippen molar-refractivity contribution in [1.82, 2.24) is 9.88 Å². The van der Waals surface area contributed by atoms with Crippen molar-refractivity contribution in [3.05, 3.63) is 58.6 Å². The van der Waals surface area contributed by atoms with Crippen LogP contribution in [0.25, 0.3) is 10.2 Å². The Hall–Kier alpha value is -2.24. The van der Waals surface area contributed by atoms with E-state index >= 15 is 0 Å². The minimum Gasteiger partial charge on any atom is -0.496 e. The summed E-state index contributed by atoms with van der Waals surface area (Å²) in [6, 6.07) is 14.3. The summed E-state index contributed by atoms with van der Waals surface area (Å²) in [6.45, 7) is 3.41. The van der Waals surface area contributed by atoms with Crippen LogP contribution < -0.4 is 4.74 Å². The van der Waals surface area contributed by atoms with Crippen LogP contribution in [0.15, 0.2) is 42.5 Å². The number of carbonyl (C=O) groups is 1. The van der Waals surface area contributed by atoms with E-state index in [0.717, 1.165) is 48.3 Å². The van der Waals surface area contributed by atoms with Crippen LogP contribution in [0.4, 0.5) is 0 Å². The van der Waals surface area contributed by atoms with Crippen molar-refractivity contribution in [1.29, 1.82) is 0 Å². The van der Waals surface area contributed by atoms with Gasteiger partial charge in [-0.3, -0.25) is 9.69 Å². The SMILES string of the molecule is COc1ccc(C(C)=O)cc1CN1CCCC1c1nc2ccccc2s1. The smallest absolute Gasteiger partial charge is 0.159 e. The van der Waals surface area contributed by atoms with Gasteiger partial charge in [-0.1, -0.05) is 12.1 Å². The van der Waals surface area contributed by atoms with Gasteiger partial charge in [0, 0.05) is 17.7 Å². The van der Waals surface area contributed by atoms with Crippen molar-refractivity contribution >= 4 is 27.3 Å². The van der Waals surface area contributed by atoms with E-state index in [2.05, 4.69) is 23.1 Å². The van der Waals surface area contributed by atoms with Crippen LogP contribution in [-0.4, -0.2) is 29.3 Å². The summed E-state index contributed by atoms with van der Waals surface area (Å²) in [7, 11) is 1.68. The van der Waals surface area contributed by atoms with Gasteiger partial charge >= 0.3 is 0 Å². The minimum atomic E-state index is 0.0815. The maximum atomic E-state index is 11.8. The second-order valence-corrected chi connectivity index (χ2v) is 7.79. The molecule has 1 fully saturated rings. The Labute approximate surface area is 157 Å². The molecule has 3 aromatic rings. The Morgan fingerprint density at radius 2 is 2.15 bits per heavy atom. The van der Waals surface area contributed by atoms with Crippen LogP contribution >= 0.6 is 11.3 Å². The van der Waals surface area contributed by atoms with Crippen LogP contribution in [0.1, 0.15) is 46.7 Å². The van der Waals surface area contributed by atoms with Gasteiger partial charge in [0.05, 0.1) is 23.4 Å². The number of carbonyl (C=O) groups excluding carboxylic acids is 1. The Morgan fingerprint density at radius 1 is 1.31 bits per heavy atom. The van der Waals surface area contributed by atoms with Crippen LogP contribution in [-0.2, 0) is 6.54 Å². The van der Waals surface area contributed by atoms with Crippen LogP contribution in [0, 0.1) is 0 Å². The zero-order valence-electron chi connectivity index (χ0n) is 15.1. The summed E-state index contributed by atoms with van der Waals surface area (Å²) in [6.07, 6.45) is 2.28. The fourth-order valence-electron chi connectivity index (χ4n) is 3.67. The lowest BCUT2D eigenvalue weighted by Crippen LogP contribution is -2.23. The summed E-state index contributed by atoms with van der Waals surface area (Å²) >= 11 is 1.79. The third-order valence-electron chi connectivity index (χ3n) is 5.02. The van der Waals surface area contributed by atoms with Crippen molar-refractivity contribution < 1.29 is 9.53 Å². The summed E-state index contributed by atoms with van der Waals surface area (Å²) in [5, 5.41) is 1.19. The van der Waals surface area contributed by atoms with Crippen molar-refractivity contribution in [3.63, 3.8) is 0 Å². The molecule has 0 bridgehead atoms. The molecule has 1 aliphatic heterocycles. The van der Waals surface area contributed by atoms with Crippen LogP contribution in [0.2, 0.25) is 0 Å². The molecule has 0 amide bonds. The number of ether oxygens (including phenoxy) is 1. The van der Waals surface area contributed by atoms with Crippen molar-refractivity contribution in [2.75, 3.05) is 13.7 Å². The molecule has 4 nitrogen and oxygen atoms in total. The van der Waals surface area contributed by atoms with E-state index in [4.69, 9.17) is 9.72 Å². The van der Waals surface area contributed by atoms with Gasteiger partial charge < -0.3 is 4.74 Å². The molecule has 0 N–H and O–H groups in total. The van der Waals surface area contributed by atoms with Gasteiger partial charge in [-0.05, 0) is 56.6 Å². The first-order valence-electron chi connectivity index (χ1n) is 8.93. The standard InChI is InChI=1S/C21H22N2O2S/c1-14(24)15-9-10-19(25-2)16(12-15)13-23-11-5-7-18(23)21-22-17-6-3-4-8-20(17)26-21/h3-4,6,8-10,12,18H,5,7,11,13H2,1-2H3. The van der Waals surface area contributed by atoms with Gasteiger partial charge in [-0.15, -0.1) is 11.3 Å². The predicted molar refractivity (Wildman–Crippen MR) is 105 cm³/mol. The van der Waals surface area contributed by atoms with Gasteiger partial charge in [0.25, 0.3) is 0 Å². The summed E-state index contributed by atoms with van der Waals surface area (Å²) in [5.74, 6) is 0.919. The molecule has 2 heterocycles. The molecule has 0 aliphatic carbocycles. The van der Waals surface area contributed by atoms with Crippen molar-refractivity contribution in [3.8, 4) is 5.75 Å². The van der Waals surface area contributed by atoms with E-state index in [1.54, 1.807) is 25.4 Å². The Morgan fingerprint density at radius 3 is 2.92 bits per heavy atom. The van der Waals surface area contributed by atoms with E-state index in [0.29, 0.717) is 6.04 Å². The molecule has 1 aliphatic rings.